The van der Waals surface area contributed by atoms with E-state index in [2.05, 4.69) is 79.0 Å². The maximum absolute atomic E-state index is 4.83. The maximum Gasteiger partial charge on any atom is 0.107 e. The summed E-state index contributed by atoms with van der Waals surface area (Å²) in [5, 5.41) is 0. The molecule has 0 bridgehead atoms. The molecule has 0 aliphatic carbocycles. The molecule has 2 heterocycles. The van der Waals surface area contributed by atoms with Crippen LogP contribution in [0.15, 0.2) is 42.7 Å². The number of rotatable bonds is 3. The zero-order valence-corrected chi connectivity index (χ0v) is 15.2. The first-order chi connectivity index (χ1) is 11.9. The lowest BCUT2D eigenvalue weighted by molar-refractivity contribution is 0.591. The zero-order chi connectivity index (χ0) is 17.6. The fourth-order valence-electron chi connectivity index (χ4n) is 3.29. The standard InChI is InChI=1S/C21H24N4/c1-13(14-5-7-16-18(10-14)23-12-22-16)9-20-24-17-8-6-15(21(2,3)4)11-19(17)25-20/h5-8,10-13H,9H2,1-4H3,(H,22,23)(H,24,25). The van der Waals surface area contributed by atoms with Crippen LogP contribution in [0.4, 0.5) is 0 Å². The molecule has 4 nitrogen and oxygen atoms in total. The van der Waals surface area contributed by atoms with Gasteiger partial charge in [0.05, 0.1) is 28.4 Å². The molecule has 0 aliphatic rings. The topological polar surface area (TPSA) is 57.4 Å². The number of fused-ring (bicyclic) bond motifs is 2. The Morgan fingerprint density at radius 3 is 2.64 bits per heavy atom. The highest BCUT2D eigenvalue weighted by Gasteiger charge is 2.16. The Labute approximate surface area is 147 Å². The van der Waals surface area contributed by atoms with E-state index in [0.717, 1.165) is 34.3 Å². The first-order valence-electron chi connectivity index (χ1n) is 8.82. The second-order valence-electron chi connectivity index (χ2n) is 7.95. The summed E-state index contributed by atoms with van der Waals surface area (Å²) >= 11 is 0. The minimum absolute atomic E-state index is 0.139. The van der Waals surface area contributed by atoms with Crippen molar-refractivity contribution in [2.45, 2.75) is 45.4 Å². The molecule has 128 valence electrons. The van der Waals surface area contributed by atoms with Crippen molar-refractivity contribution in [3.05, 3.63) is 59.7 Å². The van der Waals surface area contributed by atoms with E-state index in [1.54, 1.807) is 6.33 Å². The van der Waals surface area contributed by atoms with Crippen LogP contribution < -0.4 is 0 Å². The average Bonchev–Trinajstić information content (AvgIpc) is 3.18. The van der Waals surface area contributed by atoms with Crippen molar-refractivity contribution in [3.63, 3.8) is 0 Å². The molecule has 0 saturated carbocycles. The van der Waals surface area contributed by atoms with Gasteiger partial charge < -0.3 is 9.97 Å². The number of nitrogens with zero attached hydrogens (tertiary/aromatic N) is 2. The van der Waals surface area contributed by atoms with Crippen molar-refractivity contribution in [3.8, 4) is 0 Å². The predicted octanol–water partition coefficient (Wildman–Crippen LogP) is 5.08. The maximum atomic E-state index is 4.83. The highest BCUT2D eigenvalue weighted by molar-refractivity contribution is 5.76. The molecular formula is C21H24N4. The number of aromatic amines is 2. The number of nitrogens with one attached hydrogen (secondary N) is 2. The minimum atomic E-state index is 0.139. The van der Waals surface area contributed by atoms with Gasteiger partial charge in [-0.2, -0.15) is 0 Å². The Kier molecular flexibility index (Phi) is 3.64. The average molecular weight is 332 g/mol. The van der Waals surface area contributed by atoms with E-state index in [9.17, 15) is 0 Å². The van der Waals surface area contributed by atoms with Gasteiger partial charge in [0.15, 0.2) is 0 Å². The third kappa shape index (κ3) is 3.04. The molecule has 1 atom stereocenters. The van der Waals surface area contributed by atoms with E-state index in [4.69, 9.17) is 4.98 Å². The van der Waals surface area contributed by atoms with Crippen molar-refractivity contribution < 1.29 is 0 Å². The molecule has 0 fully saturated rings. The lowest BCUT2D eigenvalue weighted by atomic mass is 9.87. The molecule has 4 rings (SSSR count). The first kappa shape index (κ1) is 15.9. The number of imidazole rings is 2. The van der Waals surface area contributed by atoms with Gasteiger partial charge in [-0.25, -0.2) is 9.97 Å². The monoisotopic (exact) mass is 332 g/mol. The molecule has 0 saturated heterocycles. The summed E-state index contributed by atoms with van der Waals surface area (Å²) in [4.78, 5) is 15.8. The summed E-state index contributed by atoms with van der Waals surface area (Å²) in [5.41, 5.74) is 7.01. The van der Waals surface area contributed by atoms with Crippen molar-refractivity contribution in [1.29, 1.82) is 0 Å². The molecule has 0 spiro atoms. The summed E-state index contributed by atoms with van der Waals surface area (Å²) in [5.74, 6) is 1.42. The SMILES string of the molecule is CC(Cc1nc2cc(C(C)(C)C)ccc2[nH]1)c1ccc2nc[nH]c2c1. The fraction of sp³-hybridized carbons (Fsp3) is 0.333. The number of benzene rings is 2. The van der Waals surface area contributed by atoms with Crippen LogP contribution in [0.1, 0.15) is 50.6 Å². The normalized spacial score (nSPS) is 13.6. The molecule has 2 N–H and O–H groups in total. The third-order valence-electron chi connectivity index (χ3n) is 4.91. The molecule has 1 unspecified atom stereocenters. The molecule has 4 aromatic rings. The van der Waals surface area contributed by atoms with E-state index >= 15 is 0 Å². The van der Waals surface area contributed by atoms with E-state index in [1.807, 2.05) is 0 Å². The van der Waals surface area contributed by atoms with Crippen molar-refractivity contribution in [2.75, 3.05) is 0 Å². The summed E-state index contributed by atoms with van der Waals surface area (Å²) in [6.45, 7) is 8.94. The number of H-pyrrole nitrogens is 2. The van der Waals surface area contributed by atoms with Crippen LogP contribution >= 0.6 is 0 Å². The Morgan fingerprint density at radius 1 is 1.00 bits per heavy atom. The van der Waals surface area contributed by atoms with Crippen LogP contribution in [0, 0.1) is 0 Å². The van der Waals surface area contributed by atoms with Crippen LogP contribution in [0.5, 0.6) is 0 Å². The molecule has 0 aliphatic heterocycles. The summed E-state index contributed by atoms with van der Waals surface area (Å²) in [7, 11) is 0. The van der Waals surface area contributed by atoms with Gasteiger partial charge in [0.1, 0.15) is 5.82 Å². The molecule has 0 amide bonds. The summed E-state index contributed by atoms with van der Waals surface area (Å²) < 4.78 is 0. The quantitative estimate of drug-likeness (QED) is 0.549. The molecular weight excluding hydrogens is 308 g/mol. The van der Waals surface area contributed by atoms with Gasteiger partial charge in [0, 0.05) is 6.42 Å². The van der Waals surface area contributed by atoms with Crippen molar-refractivity contribution in [1.82, 2.24) is 19.9 Å². The Bertz CT molecular complexity index is 1030. The molecule has 2 aromatic carbocycles. The van der Waals surface area contributed by atoms with Crippen molar-refractivity contribution in [2.24, 2.45) is 0 Å². The number of aromatic nitrogens is 4. The van der Waals surface area contributed by atoms with E-state index in [1.165, 1.54) is 11.1 Å². The Hall–Kier alpha value is -2.62. The summed E-state index contributed by atoms with van der Waals surface area (Å²) in [6.07, 6.45) is 2.63. The second-order valence-corrected chi connectivity index (χ2v) is 7.95. The van der Waals surface area contributed by atoms with Gasteiger partial charge in [-0.15, -0.1) is 0 Å². The first-order valence-corrected chi connectivity index (χ1v) is 8.82. The minimum Gasteiger partial charge on any atom is -0.345 e. The van der Waals surface area contributed by atoms with Crippen LogP contribution in [0.3, 0.4) is 0 Å². The lowest BCUT2D eigenvalue weighted by Gasteiger charge is -2.18. The van der Waals surface area contributed by atoms with Gasteiger partial charge in [0.25, 0.3) is 0 Å². The molecule has 4 heteroatoms. The van der Waals surface area contributed by atoms with Crippen LogP contribution in [0.25, 0.3) is 22.1 Å². The van der Waals surface area contributed by atoms with Gasteiger partial charge in [-0.1, -0.05) is 39.8 Å². The predicted molar refractivity (Wildman–Crippen MR) is 103 cm³/mol. The van der Waals surface area contributed by atoms with E-state index < -0.39 is 0 Å². The lowest BCUT2D eigenvalue weighted by Crippen LogP contribution is -2.10. The highest BCUT2D eigenvalue weighted by atomic mass is 14.9. The second kappa shape index (κ2) is 5.73. The third-order valence-corrected chi connectivity index (χ3v) is 4.91. The fourth-order valence-corrected chi connectivity index (χ4v) is 3.29. The highest BCUT2D eigenvalue weighted by Crippen LogP contribution is 2.27. The van der Waals surface area contributed by atoms with Gasteiger partial charge in [-0.05, 0) is 46.7 Å². The molecule has 0 radical (unpaired) electrons. The smallest absolute Gasteiger partial charge is 0.107 e. The van der Waals surface area contributed by atoms with Crippen LogP contribution in [0.2, 0.25) is 0 Å². The number of hydrogen-bond acceptors (Lipinski definition) is 2. The molecule has 25 heavy (non-hydrogen) atoms. The zero-order valence-electron chi connectivity index (χ0n) is 15.2. The largest absolute Gasteiger partial charge is 0.345 e. The Morgan fingerprint density at radius 2 is 1.84 bits per heavy atom. The van der Waals surface area contributed by atoms with Crippen LogP contribution in [-0.2, 0) is 11.8 Å². The summed E-state index contributed by atoms with van der Waals surface area (Å²) in [6, 6.07) is 13.0. The number of hydrogen-bond donors (Lipinski definition) is 2. The molecule has 2 aromatic heterocycles. The van der Waals surface area contributed by atoms with Crippen LogP contribution in [-0.4, -0.2) is 19.9 Å². The van der Waals surface area contributed by atoms with E-state index in [-0.39, 0.29) is 5.41 Å². The van der Waals surface area contributed by atoms with Crippen molar-refractivity contribution >= 4 is 22.1 Å². The van der Waals surface area contributed by atoms with Gasteiger partial charge in [-0.3, -0.25) is 0 Å². The van der Waals surface area contributed by atoms with E-state index in [0.29, 0.717) is 5.92 Å². The van der Waals surface area contributed by atoms with Gasteiger partial charge in [0.2, 0.25) is 0 Å². The Balaban J connectivity index is 1.61. The van der Waals surface area contributed by atoms with Gasteiger partial charge >= 0.3 is 0 Å².